The Hall–Kier alpha value is -0.0500. The molecule has 0 aromatic carbocycles. The largest absolute Gasteiger partial charge is 0.340 e. The second-order valence-electron chi connectivity index (χ2n) is 6.69. The average Bonchev–Trinajstić information content (AvgIpc) is 2.28. The quantitative estimate of drug-likeness (QED) is 0.711. The molecule has 1 saturated heterocycles. The third-order valence-electron chi connectivity index (χ3n) is 4.35. The van der Waals surface area contributed by atoms with Gasteiger partial charge in [-0.2, -0.15) is 0 Å². The highest BCUT2D eigenvalue weighted by atomic mass is 79.9. The monoisotopic (exact) mass is 317 g/mol. The predicted octanol–water partition coefficient (Wildman–Crippen LogP) is 4.22. The van der Waals surface area contributed by atoms with Crippen molar-refractivity contribution in [3.8, 4) is 0 Å². The van der Waals surface area contributed by atoms with E-state index in [2.05, 4.69) is 48.5 Å². The molecule has 1 fully saturated rings. The van der Waals surface area contributed by atoms with Crippen LogP contribution in [-0.2, 0) is 4.79 Å². The van der Waals surface area contributed by atoms with Crippen molar-refractivity contribution in [2.75, 3.05) is 11.9 Å². The van der Waals surface area contributed by atoms with Crippen LogP contribution in [0.4, 0.5) is 0 Å². The summed E-state index contributed by atoms with van der Waals surface area (Å²) in [4.78, 5) is 14.6. The van der Waals surface area contributed by atoms with Crippen molar-refractivity contribution in [1.82, 2.24) is 4.90 Å². The van der Waals surface area contributed by atoms with Gasteiger partial charge in [-0.25, -0.2) is 0 Å². The summed E-state index contributed by atoms with van der Waals surface area (Å²) >= 11 is 3.51. The van der Waals surface area contributed by atoms with Crippen LogP contribution in [0.15, 0.2) is 0 Å². The number of likely N-dealkylation sites (tertiary alicyclic amines) is 1. The summed E-state index contributed by atoms with van der Waals surface area (Å²) in [5, 5.41) is 0.996. The Morgan fingerprint density at radius 1 is 1.39 bits per heavy atom. The third-order valence-corrected chi connectivity index (χ3v) is 4.81. The minimum absolute atomic E-state index is 0.219. The summed E-state index contributed by atoms with van der Waals surface area (Å²) in [6.07, 6.45) is 5.42. The molecular weight excluding hydrogens is 290 g/mol. The molecule has 0 aliphatic carbocycles. The summed E-state index contributed by atoms with van der Waals surface area (Å²) < 4.78 is 0. The van der Waals surface area contributed by atoms with Crippen molar-refractivity contribution in [2.45, 2.75) is 65.8 Å². The van der Waals surface area contributed by atoms with Crippen LogP contribution in [0, 0.1) is 11.3 Å². The lowest BCUT2D eigenvalue weighted by Gasteiger charge is -2.37. The second-order valence-corrected chi connectivity index (χ2v) is 7.48. The number of piperidine rings is 1. The third kappa shape index (κ3) is 4.56. The number of rotatable bonds is 4. The van der Waals surface area contributed by atoms with E-state index in [1.54, 1.807) is 0 Å². The summed E-state index contributed by atoms with van der Waals surface area (Å²) in [6.45, 7) is 9.82. The van der Waals surface area contributed by atoms with Gasteiger partial charge < -0.3 is 4.90 Å². The SMILES string of the molecule is CC(CC(=O)N1CCCCC1CCBr)C(C)(C)C. The normalized spacial score (nSPS) is 22.9. The highest BCUT2D eigenvalue weighted by Gasteiger charge is 2.29. The zero-order valence-electron chi connectivity index (χ0n) is 12.3. The lowest BCUT2D eigenvalue weighted by atomic mass is 9.79. The van der Waals surface area contributed by atoms with Crippen molar-refractivity contribution in [3.63, 3.8) is 0 Å². The first-order valence-corrected chi connectivity index (χ1v) is 8.34. The molecule has 1 heterocycles. The van der Waals surface area contributed by atoms with Crippen LogP contribution in [-0.4, -0.2) is 28.7 Å². The fraction of sp³-hybridized carbons (Fsp3) is 0.933. The summed E-state index contributed by atoms with van der Waals surface area (Å²) in [7, 11) is 0. The minimum atomic E-state index is 0.219. The maximum atomic E-state index is 12.5. The molecule has 2 nitrogen and oxygen atoms in total. The van der Waals surface area contributed by atoms with Gasteiger partial charge in [0, 0.05) is 24.3 Å². The number of amides is 1. The number of carbonyl (C=O) groups excluding carboxylic acids is 1. The van der Waals surface area contributed by atoms with Gasteiger partial charge in [0.25, 0.3) is 0 Å². The van der Waals surface area contributed by atoms with E-state index in [9.17, 15) is 4.79 Å². The van der Waals surface area contributed by atoms with Crippen LogP contribution in [0.5, 0.6) is 0 Å². The van der Waals surface area contributed by atoms with Crippen molar-refractivity contribution in [2.24, 2.45) is 11.3 Å². The first-order chi connectivity index (χ1) is 8.36. The summed E-state index contributed by atoms with van der Waals surface area (Å²) in [6, 6.07) is 0.470. The first kappa shape index (κ1) is 16.0. The number of carbonyl (C=O) groups is 1. The van der Waals surface area contributed by atoms with Crippen molar-refractivity contribution < 1.29 is 4.79 Å². The van der Waals surface area contributed by atoms with Gasteiger partial charge in [0.15, 0.2) is 0 Å². The fourth-order valence-corrected chi connectivity index (χ4v) is 2.97. The zero-order valence-corrected chi connectivity index (χ0v) is 13.9. The Balaban J connectivity index is 2.58. The topological polar surface area (TPSA) is 20.3 Å². The zero-order chi connectivity index (χ0) is 13.8. The van der Waals surface area contributed by atoms with Crippen LogP contribution in [0.1, 0.15) is 59.8 Å². The van der Waals surface area contributed by atoms with Crippen LogP contribution < -0.4 is 0 Å². The summed E-state index contributed by atoms with van der Waals surface area (Å²) in [5.74, 6) is 0.805. The van der Waals surface area contributed by atoms with Gasteiger partial charge in [-0.3, -0.25) is 4.79 Å². The Morgan fingerprint density at radius 3 is 2.61 bits per heavy atom. The molecule has 0 aromatic rings. The van der Waals surface area contributed by atoms with Gasteiger partial charge in [0.1, 0.15) is 0 Å². The standard InChI is InChI=1S/C15H28BrNO/c1-12(15(2,3)4)11-14(18)17-10-6-5-7-13(17)8-9-16/h12-13H,5-11H2,1-4H3. The molecule has 0 bridgehead atoms. The number of hydrogen-bond acceptors (Lipinski definition) is 1. The average molecular weight is 318 g/mol. The van der Waals surface area contributed by atoms with E-state index in [0.717, 1.165) is 18.3 Å². The smallest absolute Gasteiger partial charge is 0.223 e. The molecule has 18 heavy (non-hydrogen) atoms. The molecule has 1 aliphatic rings. The maximum absolute atomic E-state index is 12.5. The number of nitrogens with zero attached hydrogens (tertiary/aromatic N) is 1. The van der Waals surface area contributed by atoms with Crippen molar-refractivity contribution >= 4 is 21.8 Å². The van der Waals surface area contributed by atoms with E-state index >= 15 is 0 Å². The van der Waals surface area contributed by atoms with Gasteiger partial charge in [-0.15, -0.1) is 0 Å². The van der Waals surface area contributed by atoms with Crippen LogP contribution in [0.3, 0.4) is 0 Å². The van der Waals surface area contributed by atoms with E-state index in [1.165, 1.54) is 19.3 Å². The van der Waals surface area contributed by atoms with Crippen molar-refractivity contribution in [1.29, 1.82) is 0 Å². The van der Waals surface area contributed by atoms with Crippen LogP contribution in [0.2, 0.25) is 0 Å². The molecule has 1 aliphatic heterocycles. The van der Waals surface area contributed by atoms with E-state index in [-0.39, 0.29) is 5.41 Å². The molecular formula is C15H28BrNO. The Kier molecular flexibility index (Phi) is 6.16. The lowest BCUT2D eigenvalue weighted by Crippen LogP contribution is -2.45. The van der Waals surface area contributed by atoms with Gasteiger partial charge in [0.2, 0.25) is 5.91 Å². The number of hydrogen-bond donors (Lipinski definition) is 0. The molecule has 1 rings (SSSR count). The molecule has 0 radical (unpaired) electrons. The molecule has 1 amide bonds. The van der Waals surface area contributed by atoms with Crippen LogP contribution in [0.25, 0.3) is 0 Å². The van der Waals surface area contributed by atoms with Gasteiger partial charge >= 0.3 is 0 Å². The van der Waals surface area contributed by atoms with E-state index < -0.39 is 0 Å². The minimum Gasteiger partial charge on any atom is -0.340 e. The maximum Gasteiger partial charge on any atom is 0.223 e. The van der Waals surface area contributed by atoms with Gasteiger partial charge in [-0.1, -0.05) is 43.6 Å². The Labute approximate surface area is 121 Å². The fourth-order valence-electron chi connectivity index (χ4n) is 2.44. The predicted molar refractivity (Wildman–Crippen MR) is 81.0 cm³/mol. The molecule has 0 spiro atoms. The molecule has 0 N–H and O–H groups in total. The Bertz CT molecular complexity index is 270. The number of alkyl halides is 1. The molecule has 3 heteroatoms. The molecule has 0 saturated carbocycles. The van der Waals surface area contributed by atoms with Gasteiger partial charge in [0.05, 0.1) is 0 Å². The van der Waals surface area contributed by atoms with Crippen LogP contribution >= 0.6 is 15.9 Å². The highest BCUT2D eigenvalue weighted by molar-refractivity contribution is 9.09. The highest BCUT2D eigenvalue weighted by Crippen LogP contribution is 2.30. The lowest BCUT2D eigenvalue weighted by molar-refractivity contribution is -0.136. The molecule has 2 unspecified atom stereocenters. The number of halogens is 1. The van der Waals surface area contributed by atoms with E-state index in [1.807, 2.05) is 0 Å². The van der Waals surface area contributed by atoms with Gasteiger partial charge in [-0.05, 0) is 37.0 Å². The molecule has 2 atom stereocenters. The van der Waals surface area contributed by atoms with Crippen molar-refractivity contribution in [3.05, 3.63) is 0 Å². The second kappa shape index (κ2) is 6.93. The van der Waals surface area contributed by atoms with E-state index in [0.29, 0.717) is 24.3 Å². The van der Waals surface area contributed by atoms with E-state index in [4.69, 9.17) is 0 Å². The first-order valence-electron chi connectivity index (χ1n) is 7.21. The molecule has 0 aromatic heterocycles. The molecule has 106 valence electrons. The summed E-state index contributed by atoms with van der Waals surface area (Å²) in [5.41, 5.74) is 0.219. The Morgan fingerprint density at radius 2 is 2.06 bits per heavy atom.